The number of carbonyl (C=O) groups excluding carboxylic acids is 1. The van der Waals surface area contributed by atoms with E-state index in [1.807, 2.05) is 24.3 Å². The van der Waals surface area contributed by atoms with Crippen LogP contribution >= 0.6 is 23.2 Å². The lowest BCUT2D eigenvalue weighted by Gasteiger charge is -2.32. The van der Waals surface area contributed by atoms with Crippen LogP contribution in [0.2, 0.25) is 10.0 Å². The number of nitrogens with one attached hydrogen (secondary N) is 1. The molecule has 1 aliphatic heterocycles. The van der Waals surface area contributed by atoms with Gasteiger partial charge in [-0.2, -0.15) is 0 Å². The summed E-state index contributed by atoms with van der Waals surface area (Å²) in [6, 6.07) is 16.2. The Labute approximate surface area is 178 Å². The number of benzene rings is 2. The molecule has 0 unspecified atom stereocenters. The highest BCUT2D eigenvalue weighted by molar-refractivity contribution is 6.35. The molecule has 2 aromatic carbocycles. The molecule has 3 nitrogen and oxygen atoms in total. The minimum Gasteiger partial charge on any atom is -0.353 e. The molecule has 1 saturated heterocycles. The van der Waals surface area contributed by atoms with Crippen molar-refractivity contribution in [3.05, 3.63) is 69.7 Å². The molecular weight excluding hydrogens is 391 g/mol. The molecule has 1 N–H and O–H groups in total. The Balaban J connectivity index is 1.42. The van der Waals surface area contributed by atoms with Crippen molar-refractivity contribution in [1.82, 2.24) is 10.2 Å². The third-order valence-corrected chi connectivity index (χ3v) is 6.21. The van der Waals surface area contributed by atoms with Gasteiger partial charge in [0.1, 0.15) is 0 Å². The predicted molar refractivity (Wildman–Crippen MR) is 117 cm³/mol. The third kappa shape index (κ3) is 5.97. The average molecular weight is 419 g/mol. The molecule has 1 fully saturated rings. The number of amides is 1. The van der Waals surface area contributed by atoms with Gasteiger partial charge in [-0.25, -0.2) is 0 Å². The number of halogens is 2. The number of nitrogens with zero attached hydrogens (tertiary/aromatic N) is 1. The highest BCUT2D eigenvalue weighted by Crippen LogP contribution is 2.27. The summed E-state index contributed by atoms with van der Waals surface area (Å²) in [7, 11) is 0. The highest BCUT2D eigenvalue weighted by Gasteiger charge is 2.26. The van der Waals surface area contributed by atoms with Crippen molar-refractivity contribution >= 4 is 29.1 Å². The zero-order chi connectivity index (χ0) is 19.9. The number of aryl methyl sites for hydroxylation is 1. The fourth-order valence-corrected chi connectivity index (χ4v) is 4.24. The van der Waals surface area contributed by atoms with Crippen LogP contribution in [0.15, 0.2) is 48.5 Å². The van der Waals surface area contributed by atoms with E-state index in [0.29, 0.717) is 10.0 Å². The molecule has 0 radical (unpaired) electrons. The van der Waals surface area contributed by atoms with Gasteiger partial charge in [-0.3, -0.25) is 9.69 Å². The first kappa shape index (κ1) is 21.2. The Hall–Kier alpha value is -1.55. The van der Waals surface area contributed by atoms with E-state index in [-0.39, 0.29) is 17.9 Å². The SMILES string of the molecule is C[C@@H](CCc1ccccc1)NC(=O)C1CCN(Cc2c(Cl)cccc2Cl)CC1. The second-order valence-electron chi connectivity index (χ2n) is 7.68. The van der Waals surface area contributed by atoms with Gasteiger partial charge in [-0.15, -0.1) is 0 Å². The summed E-state index contributed by atoms with van der Waals surface area (Å²) < 4.78 is 0. The van der Waals surface area contributed by atoms with Gasteiger partial charge in [-0.05, 0) is 63.4 Å². The van der Waals surface area contributed by atoms with Crippen LogP contribution in [0.1, 0.15) is 37.3 Å². The van der Waals surface area contributed by atoms with Gasteiger partial charge < -0.3 is 5.32 Å². The number of likely N-dealkylation sites (tertiary alicyclic amines) is 1. The Morgan fingerprint density at radius 2 is 1.71 bits per heavy atom. The van der Waals surface area contributed by atoms with Gasteiger partial charge in [0.05, 0.1) is 0 Å². The van der Waals surface area contributed by atoms with E-state index in [2.05, 4.69) is 41.4 Å². The average Bonchev–Trinajstić information content (AvgIpc) is 2.70. The molecule has 1 amide bonds. The normalized spacial score (nSPS) is 16.7. The van der Waals surface area contributed by atoms with Crippen molar-refractivity contribution in [2.45, 2.75) is 45.2 Å². The summed E-state index contributed by atoms with van der Waals surface area (Å²) in [5.41, 5.74) is 2.29. The third-order valence-electron chi connectivity index (χ3n) is 5.50. The molecule has 0 saturated carbocycles. The van der Waals surface area contributed by atoms with Crippen LogP contribution in [0.3, 0.4) is 0 Å². The van der Waals surface area contributed by atoms with E-state index in [1.165, 1.54) is 5.56 Å². The summed E-state index contributed by atoms with van der Waals surface area (Å²) in [5.74, 6) is 0.285. The second-order valence-corrected chi connectivity index (χ2v) is 8.50. The van der Waals surface area contributed by atoms with Gasteiger partial charge >= 0.3 is 0 Å². The summed E-state index contributed by atoms with van der Waals surface area (Å²) in [5, 5.41) is 4.62. The standard InChI is InChI=1S/C23H28Cl2N2O/c1-17(10-11-18-6-3-2-4-7-18)26-23(28)19-12-14-27(15-13-19)16-20-21(24)8-5-9-22(20)25/h2-9,17,19H,10-16H2,1H3,(H,26,28)/t17-/m0/s1. The Morgan fingerprint density at radius 3 is 2.36 bits per heavy atom. The van der Waals surface area contributed by atoms with Crippen LogP contribution < -0.4 is 5.32 Å². The van der Waals surface area contributed by atoms with Gasteiger partial charge in [-0.1, -0.05) is 59.6 Å². The first-order chi connectivity index (χ1) is 13.5. The van der Waals surface area contributed by atoms with Crippen molar-refractivity contribution < 1.29 is 4.79 Å². The lowest BCUT2D eigenvalue weighted by atomic mass is 9.95. The lowest BCUT2D eigenvalue weighted by molar-refractivity contribution is -0.127. The van der Waals surface area contributed by atoms with Crippen molar-refractivity contribution in [3.8, 4) is 0 Å². The fourth-order valence-electron chi connectivity index (χ4n) is 3.72. The molecule has 1 atom stereocenters. The summed E-state index contributed by atoms with van der Waals surface area (Å²) in [6.07, 6.45) is 3.69. The van der Waals surface area contributed by atoms with Gasteiger partial charge in [0.2, 0.25) is 5.91 Å². The fraction of sp³-hybridized carbons (Fsp3) is 0.435. The Bertz CT molecular complexity index is 753. The molecule has 2 aromatic rings. The van der Waals surface area contributed by atoms with Crippen LogP contribution in [0.25, 0.3) is 0 Å². The largest absolute Gasteiger partial charge is 0.353 e. The highest BCUT2D eigenvalue weighted by atomic mass is 35.5. The maximum atomic E-state index is 12.6. The zero-order valence-corrected chi connectivity index (χ0v) is 17.8. The number of hydrogen-bond donors (Lipinski definition) is 1. The van der Waals surface area contributed by atoms with E-state index in [0.717, 1.165) is 50.9 Å². The monoisotopic (exact) mass is 418 g/mol. The van der Waals surface area contributed by atoms with Crippen LogP contribution in [-0.4, -0.2) is 29.9 Å². The number of piperidine rings is 1. The van der Waals surface area contributed by atoms with Crippen molar-refractivity contribution in [2.24, 2.45) is 5.92 Å². The molecule has 0 bridgehead atoms. The summed E-state index contributed by atoms with van der Waals surface area (Å²) in [6.45, 7) is 4.60. The first-order valence-electron chi connectivity index (χ1n) is 10.0. The van der Waals surface area contributed by atoms with Crippen LogP contribution in [-0.2, 0) is 17.8 Å². The topological polar surface area (TPSA) is 32.3 Å². The van der Waals surface area contributed by atoms with Crippen molar-refractivity contribution in [2.75, 3.05) is 13.1 Å². The number of carbonyl (C=O) groups is 1. The quantitative estimate of drug-likeness (QED) is 0.657. The van der Waals surface area contributed by atoms with Crippen LogP contribution in [0.5, 0.6) is 0 Å². The summed E-state index contributed by atoms with van der Waals surface area (Å²) >= 11 is 12.6. The van der Waals surface area contributed by atoms with Gasteiger partial charge in [0, 0.05) is 34.1 Å². The smallest absolute Gasteiger partial charge is 0.223 e. The van der Waals surface area contributed by atoms with Crippen LogP contribution in [0.4, 0.5) is 0 Å². The predicted octanol–water partition coefficient (Wildman–Crippen LogP) is 5.34. The summed E-state index contributed by atoms with van der Waals surface area (Å²) in [4.78, 5) is 15.0. The van der Waals surface area contributed by atoms with E-state index in [4.69, 9.17) is 23.2 Å². The van der Waals surface area contributed by atoms with Crippen LogP contribution in [0, 0.1) is 5.92 Å². The maximum Gasteiger partial charge on any atom is 0.223 e. The van der Waals surface area contributed by atoms with E-state index >= 15 is 0 Å². The Kier molecular flexibility index (Phi) is 7.78. The number of rotatable bonds is 7. The molecule has 28 heavy (non-hydrogen) atoms. The van der Waals surface area contributed by atoms with Gasteiger partial charge in [0.15, 0.2) is 0 Å². The minimum atomic E-state index is 0.0946. The van der Waals surface area contributed by atoms with E-state index < -0.39 is 0 Å². The van der Waals surface area contributed by atoms with E-state index in [9.17, 15) is 4.79 Å². The number of hydrogen-bond acceptors (Lipinski definition) is 2. The van der Waals surface area contributed by atoms with Gasteiger partial charge in [0.25, 0.3) is 0 Å². The minimum absolute atomic E-state index is 0.0946. The molecule has 0 aliphatic carbocycles. The first-order valence-corrected chi connectivity index (χ1v) is 10.8. The van der Waals surface area contributed by atoms with Crippen molar-refractivity contribution in [3.63, 3.8) is 0 Å². The van der Waals surface area contributed by atoms with Crippen molar-refractivity contribution in [1.29, 1.82) is 0 Å². The molecule has 1 heterocycles. The molecule has 0 spiro atoms. The molecule has 5 heteroatoms. The zero-order valence-electron chi connectivity index (χ0n) is 16.3. The van der Waals surface area contributed by atoms with E-state index in [1.54, 1.807) is 0 Å². The molecule has 1 aliphatic rings. The second kappa shape index (κ2) is 10.3. The maximum absolute atomic E-state index is 12.6. The molecular formula is C23H28Cl2N2O. The lowest BCUT2D eigenvalue weighted by Crippen LogP contribution is -2.43. The molecule has 3 rings (SSSR count). The molecule has 150 valence electrons. The molecule has 0 aromatic heterocycles. The Morgan fingerprint density at radius 1 is 1.07 bits per heavy atom.